The molecule has 0 aliphatic carbocycles. The van der Waals surface area contributed by atoms with Crippen molar-refractivity contribution in [2.45, 2.75) is 6.92 Å². The number of methoxy groups -OCH3 is 1. The average Bonchev–Trinajstić information content (AvgIpc) is 3.09. The number of amides is 1. The maximum atomic E-state index is 12.0. The Balaban J connectivity index is 1.55. The van der Waals surface area contributed by atoms with Crippen LogP contribution in [-0.4, -0.2) is 29.8 Å². The third kappa shape index (κ3) is 4.54. The van der Waals surface area contributed by atoms with Crippen LogP contribution in [0.15, 0.2) is 48.5 Å². The van der Waals surface area contributed by atoms with Gasteiger partial charge in [0.2, 0.25) is 5.13 Å². The molecule has 128 valence electrons. The minimum Gasteiger partial charge on any atom is -0.497 e. The molecule has 0 fully saturated rings. The summed E-state index contributed by atoms with van der Waals surface area (Å²) in [5, 5.41) is 12.0. The topological polar surface area (TPSA) is 73.3 Å². The fourth-order valence-electron chi connectivity index (χ4n) is 2.06. The van der Waals surface area contributed by atoms with Crippen molar-refractivity contribution in [1.82, 2.24) is 10.2 Å². The van der Waals surface area contributed by atoms with Crippen LogP contribution in [-0.2, 0) is 4.79 Å². The molecule has 6 nitrogen and oxygen atoms in total. The fourth-order valence-corrected chi connectivity index (χ4v) is 2.83. The first-order chi connectivity index (χ1) is 12.1. The van der Waals surface area contributed by atoms with Crippen LogP contribution in [0.5, 0.6) is 11.5 Å². The van der Waals surface area contributed by atoms with Gasteiger partial charge in [0.15, 0.2) is 6.61 Å². The highest BCUT2D eigenvalue weighted by molar-refractivity contribution is 7.18. The van der Waals surface area contributed by atoms with Crippen molar-refractivity contribution in [2.24, 2.45) is 0 Å². The van der Waals surface area contributed by atoms with Crippen molar-refractivity contribution < 1.29 is 14.3 Å². The Morgan fingerprint density at radius 2 is 1.72 bits per heavy atom. The molecule has 0 atom stereocenters. The Morgan fingerprint density at radius 1 is 1.04 bits per heavy atom. The monoisotopic (exact) mass is 355 g/mol. The number of nitrogens with one attached hydrogen (secondary N) is 1. The minimum absolute atomic E-state index is 0.105. The van der Waals surface area contributed by atoms with Crippen LogP contribution in [0.25, 0.3) is 10.6 Å². The van der Waals surface area contributed by atoms with E-state index in [4.69, 9.17) is 9.47 Å². The van der Waals surface area contributed by atoms with Gasteiger partial charge in [0.25, 0.3) is 5.91 Å². The Morgan fingerprint density at radius 3 is 2.40 bits per heavy atom. The van der Waals surface area contributed by atoms with Crippen LogP contribution >= 0.6 is 11.3 Å². The van der Waals surface area contributed by atoms with Crippen LogP contribution in [0.4, 0.5) is 5.13 Å². The Bertz CT molecular complexity index is 845. The number of benzene rings is 2. The molecule has 0 saturated heterocycles. The van der Waals surface area contributed by atoms with Crippen LogP contribution in [0.2, 0.25) is 0 Å². The molecule has 0 spiro atoms. The molecule has 2 aromatic carbocycles. The van der Waals surface area contributed by atoms with Gasteiger partial charge in [-0.3, -0.25) is 10.1 Å². The molecular formula is C18H17N3O3S. The van der Waals surface area contributed by atoms with E-state index in [9.17, 15) is 4.79 Å². The second kappa shape index (κ2) is 7.76. The predicted molar refractivity (Wildman–Crippen MR) is 97.2 cm³/mol. The summed E-state index contributed by atoms with van der Waals surface area (Å²) in [5.41, 5.74) is 2.15. The van der Waals surface area contributed by atoms with E-state index in [2.05, 4.69) is 15.5 Å². The average molecular weight is 355 g/mol. The molecule has 0 aliphatic rings. The number of carbonyl (C=O) groups is 1. The standard InChI is InChI=1S/C18H17N3O3S/c1-12-3-5-13(6-4-12)17-20-21-18(25-17)19-16(22)11-24-15-9-7-14(23-2)8-10-15/h3-10H,11H2,1-2H3,(H,19,21,22). The number of hydrogen-bond acceptors (Lipinski definition) is 6. The van der Waals surface area contributed by atoms with Gasteiger partial charge in [-0.05, 0) is 31.2 Å². The quantitative estimate of drug-likeness (QED) is 0.732. The normalized spacial score (nSPS) is 10.3. The van der Waals surface area contributed by atoms with Crippen LogP contribution in [0.1, 0.15) is 5.56 Å². The minimum atomic E-state index is -0.289. The smallest absolute Gasteiger partial charge is 0.264 e. The molecule has 0 saturated carbocycles. The number of aromatic nitrogens is 2. The summed E-state index contributed by atoms with van der Waals surface area (Å²) in [6.07, 6.45) is 0. The van der Waals surface area contributed by atoms with E-state index in [0.29, 0.717) is 10.9 Å². The molecule has 0 aliphatic heterocycles. The Labute approximate surface area is 149 Å². The van der Waals surface area contributed by atoms with Crippen molar-refractivity contribution in [1.29, 1.82) is 0 Å². The first kappa shape index (κ1) is 16.9. The molecule has 25 heavy (non-hydrogen) atoms. The number of nitrogens with zero attached hydrogens (tertiary/aromatic N) is 2. The molecule has 3 aromatic rings. The molecule has 1 N–H and O–H groups in total. The molecule has 7 heteroatoms. The Kier molecular flexibility index (Phi) is 5.25. The summed E-state index contributed by atoms with van der Waals surface area (Å²) >= 11 is 1.32. The van der Waals surface area contributed by atoms with Gasteiger partial charge in [0.05, 0.1) is 7.11 Å². The van der Waals surface area contributed by atoms with Crippen LogP contribution < -0.4 is 14.8 Å². The molecule has 1 aromatic heterocycles. The fraction of sp³-hybridized carbons (Fsp3) is 0.167. The lowest BCUT2D eigenvalue weighted by Gasteiger charge is -2.06. The summed E-state index contributed by atoms with van der Waals surface area (Å²) in [5.74, 6) is 1.03. The number of anilines is 1. The van der Waals surface area contributed by atoms with E-state index >= 15 is 0 Å². The highest BCUT2D eigenvalue weighted by Crippen LogP contribution is 2.26. The largest absolute Gasteiger partial charge is 0.497 e. The second-order valence-electron chi connectivity index (χ2n) is 5.29. The van der Waals surface area contributed by atoms with Crippen molar-refractivity contribution in [3.05, 3.63) is 54.1 Å². The molecule has 0 unspecified atom stereocenters. The Hall–Kier alpha value is -2.93. The van der Waals surface area contributed by atoms with Gasteiger partial charge in [0, 0.05) is 5.56 Å². The maximum absolute atomic E-state index is 12.0. The first-order valence-electron chi connectivity index (χ1n) is 7.61. The lowest BCUT2D eigenvalue weighted by atomic mass is 10.2. The summed E-state index contributed by atoms with van der Waals surface area (Å²) in [7, 11) is 1.59. The zero-order chi connectivity index (χ0) is 17.6. The molecule has 0 radical (unpaired) electrons. The lowest BCUT2D eigenvalue weighted by Crippen LogP contribution is -2.20. The van der Waals surface area contributed by atoms with Crippen molar-refractivity contribution >= 4 is 22.4 Å². The van der Waals surface area contributed by atoms with E-state index in [1.165, 1.54) is 16.9 Å². The first-order valence-corrected chi connectivity index (χ1v) is 8.43. The second-order valence-corrected chi connectivity index (χ2v) is 6.27. The number of carbonyl (C=O) groups excluding carboxylic acids is 1. The van der Waals surface area contributed by atoms with E-state index in [1.54, 1.807) is 31.4 Å². The van der Waals surface area contributed by atoms with Gasteiger partial charge >= 0.3 is 0 Å². The van der Waals surface area contributed by atoms with Gasteiger partial charge in [-0.15, -0.1) is 10.2 Å². The van der Waals surface area contributed by atoms with E-state index in [1.807, 2.05) is 31.2 Å². The van der Waals surface area contributed by atoms with E-state index in [0.717, 1.165) is 16.3 Å². The molecule has 0 bridgehead atoms. The van der Waals surface area contributed by atoms with Gasteiger partial charge < -0.3 is 9.47 Å². The van der Waals surface area contributed by atoms with E-state index in [-0.39, 0.29) is 12.5 Å². The predicted octanol–water partition coefficient (Wildman–Crippen LogP) is 3.54. The number of rotatable bonds is 6. The van der Waals surface area contributed by atoms with Crippen molar-refractivity contribution in [2.75, 3.05) is 19.0 Å². The molecular weight excluding hydrogens is 338 g/mol. The zero-order valence-electron chi connectivity index (χ0n) is 13.9. The molecule has 3 rings (SSSR count). The third-order valence-corrected chi connectivity index (χ3v) is 4.29. The van der Waals surface area contributed by atoms with Gasteiger partial charge in [-0.1, -0.05) is 41.2 Å². The summed E-state index contributed by atoms with van der Waals surface area (Å²) in [6, 6.07) is 15.0. The van der Waals surface area contributed by atoms with Gasteiger partial charge in [0.1, 0.15) is 16.5 Å². The maximum Gasteiger partial charge on any atom is 0.264 e. The van der Waals surface area contributed by atoms with Gasteiger partial charge in [-0.2, -0.15) is 0 Å². The molecule has 1 amide bonds. The summed E-state index contributed by atoms with van der Waals surface area (Å²) < 4.78 is 10.5. The van der Waals surface area contributed by atoms with Gasteiger partial charge in [-0.25, -0.2) is 0 Å². The van der Waals surface area contributed by atoms with Crippen LogP contribution in [0, 0.1) is 6.92 Å². The van der Waals surface area contributed by atoms with E-state index < -0.39 is 0 Å². The van der Waals surface area contributed by atoms with Crippen LogP contribution in [0.3, 0.4) is 0 Å². The summed E-state index contributed by atoms with van der Waals surface area (Å²) in [6.45, 7) is 1.92. The molecule has 1 heterocycles. The number of aryl methyl sites for hydroxylation is 1. The zero-order valence-corrected chi connectivity index (χ0v) is 14.7. The third-order valence-electron chi connectivity index (χ3n) is 3.40. The number of hydrogen-bond donors (Lipinski definition) is 1. The summed E-state index contributed by atoms with van der Waals surface area (Å²) in [4.78, 5) is 12.0. The highest BCUT2D eigenvalue weighted by atomic mass is 32.1. The SMILES string of the molecule is COc1ccc(OCC(=O)Nc2nnc(-c3ccc(C)cc3)s2)cc1. The lowest BCUT2D eigenvalue weighted by molar-refractivity contribution is -0.118. The van der Waals surface area contributed by atoms with Crippen molar-refractivity contribution in [3.8, 4) is 22.1 Å². The number of ether oxygens (including phenoxy) is 2. The highest BCUT2D eigenvalue weighted by Gasteiger charge is 2.10. The van der Waals surface area contributed by atoms with Crippen molar-refractivity contribution in [3.63, 3.8) is 0 Å².